The normalized spacial score (nSPS) is 26.8. The Morgan fingerprint density at radius 2 is 2.46 bits per heavy atom. The number of carbonyl (C=O) groups is 2. The maximum atomic E-state index is 11.3. The average molecular weight is 184 g/mol. The van der Waals surface area contributed by atoms with Crippen LogP contribution in [-0.4, -0.2) is 31.1 Å². The average Bonchev–Trinajstić information content (AvgIpc) is 2.19. The van der Waals surface area contributed by atoms with Gasteiger partial charge in [0, 0.05) is 6.42 Å². The summed E-state index contributed by atoms with van der Waals surface area (Å²) in [5.41, 5.74) is -1.40. The van der Waals surface area contributed by atoms with E-state index in [1.54, 1.807) is 19.1 Å². The molecule has 0 amide bonds. The molecule has 1 unspecified atom stereocenters. The highest BCUT2D eigenvalue weighted by atomic mass is 16.6. The second-order valence-corrected chi connectivity index (χ2v) is 2.71. The van der Waals surface area contributed by atoms with E-state index in [0.717, 1.165) is 0 Å². The molecule has 0 aromatic carbocycles. The van der Waals surface area contributed by atoms with Crippen LogP contribution in [0.15, 0.2) is 12.2 Å². The van der Waals surface area contributed by atoms with Crippen molar-refractivity contribution in [1.29, 1.82) is 0 Å². The summed E-state index contributed by atoms with van der Waals surface area (Å²) < 4.78 is 9.85. The largest absolute Gasteiger partial charge is 0.464 e. The summed E-state index contributed by atoms with van der Waals surface area (Å²) in [6.07, 6.45) is 4.28. The summed E-state index contributed by atoms with van der Waals surface area (Å²) in [6, 6.07) is 0. The number of hydrogen-bond donors (Lipinski definition) is 0. The summed E-state index contributed by atoms with van der Waals surface area (Å²) in [5.74, 6) is -0.602. The van der Waals surface area contributed by atoms with Crippen LogP contribution >= 0.6 is 0 Å². The highest BCUT2D eigenvalue weighted by molar-refractivity contribution is 5.97. The first-order valence-corrected chi connectivity index (χ1v) is 4.17. The zero-order valence-electron chi connectivity index (χ0n) is 7.49. The molecular weight excluding hydrogens is 172 g/mol. The van der Waals surface area contributed by atoms with Crippen LogP contribution in [0, 0.1) is 0 Å². The molecule has 0 aromatic rings. The van der Waals surface area contributed by atoms with E-state index in [4.69, 9.17) is 9.47 Å². The number of hydrogen-bond acceptors (Lipinski definition) is 4. The number of carbonyl (C=O) groups excluding carboxylic acids is 2. The quantitative estimate of drug-likeness (QED) is 0.277. The second kappa shape index (κ2) is 4.18. The van der Waals surface area contributed by atoms with Crippen LogP contribution in [0.4, 0.5) is 0 Å². The lowest BCUT2D eigenvalue weighted by Gasteiger charge is -2.26. The van der Waals surface area contributed by atoms with Crippen molar-refractivity contribution in [2.45, 2.75) is 18.9 Å². The third kappa shape index (κ3) is 1.95. The first-order valence-electron chi connectivity index (χ1n) is 4.17. The number of aldehydes is 1. The van der Waals surface area contributed by atoms with Crippen molar-refractivity contribution in [3.05, 3.63) is 12.2 Å². The molecule has 1 aliphatic rings. The summed E-state index contributed by atoms with van der Waals surface area (Å²) in [6.45, 7) is 2.22. The smallest absolute Gasteiger partial charge is 0.346 e. The van der Waals surface area contributed by atoms with Gasteiger partial charge >= 0.3 is 5.97 Å². The second-order valence-electron chi connectivity index (χ2n) is 2.71. The summed E-state index contributed by atoms with van der Waals surface area (Å²) >= 11 is 0. The van der Waals surface area contributed by atoms with E-state index < -0.39 is 11.6 Å². The monoisotopic (exact) mass is 184 g/mol. The number of esters is 1. The Labute approximate surface area is 76.5 Å². The molecule has 1 atom stereocenters. The standard InChI is InChI=1S/C9H12O4/c1-2-12-8(11)9(7-10)5-3-4-6-13-9/h3-4,7H,2,5-6H2,1H3. The van der Waals surface area contributed by atoms with Gasteiger partial charge in [-0.25, -0.2) is 4.79 Å². The minimum Gasteiger partial charge on any atom is -0.464 e. The lowest BCUT2D eigenvalue weighted by Crippen LogP contribution is -2.45. The lowest BCUT2D eigenvalue weighted by atomic mass is 9.99. The Morgan fingerprint density at radius 1 is 1.69 bits per heavy atom. The number of ether oxygens (including phenoxy) is 2. The van der Waals surface area contributed by atoms with Crippen LogP contribution < -0.4 is 0 Å². The molecule has 0 N–H and O–H groups in total. The van der Waals surface area contributed by atoms with E-state index >= 15 is 0 Å². The van der Waals surface area contributed by atoms with E-state index in [0.29, 0.717) is 6.29 Å². The van der Waals surface area contributed by atoms with Gasteiger partial charge in [-0.05, 0) is 6.92 Å². The molecule has 0 radical (unpaired) electrons. The fourth-order valence-electron chi connectivity index (χ4n) is 1.11. The summed E-state index contributed by atoms with van der Waals surface area (Å²) in [7, 11) is 0. The highest BCUT2D eigenvalue weighted by Crippen LogP contribution is 2.20. The molecule has 13 heavy (non-hydrogen) atoms. The maximum Gasteiger partial charge on any atom is 0.346 e. The van der Waals surface area contributed by atoms with Crippen LogP contribution in [-0.2, 0) is 19.1 Å². The van der Waals surface area contributed by atoms with Gasteiger partial charge in [-0.15, -0.1) is 0 Å². The third-order valence-electron chi connectivity index (χ3n) is 1.84. The van der Waals surface area contributed by atoms with Gasteiger partial charge in [-0.1, -0.05) is 12.2 Å². The molecule has 4 heteroatoms. The Kier molecular flexibility index (Phi) is 3.19. The Bertz CT molecular complexity index is 234. The van der Waals surface area contributed by atoms with Crippen LogP contribution in [0.5, 0.6) is 0 Å². The van der Waals surface area contributed by atoms with Gasteiger partial charge in [0.2, 0.25) is 5.60 Å². The zero-order chi connectivity index (χ0) is 9.73. The van der Waals surface area contributed by atoms with Crippen molar-refractivity contribution in [3.63, 3.8) is 0 Å². The zero-order valence-corrected chi connectivity index (χ0v) is 7.49. The molecule has 0 fully saturated rings. The summed E-state index contributed by atoms with van der Waals surface area (Å²) in [5, 5.41) is 0. The molecule has 0 spiro atoms. The SMILES string of the molecule is CCOC(=O)C1(C=O)CC=CCO1. The molecular formula is C9H12O4. The van der Waals surface area contributed by atoms with Crippen molar-refractivity contribution < 1.29 is 19.1 Å². The Hall–Kier alpha value is -1.16. The Balaban J connectivity index is 2.74. The van der Waals surface area contributed by atoms with Gasteiger partial charge < -0.3 is 9.47 Å². The lowest BCUT2D eigenvalue weighted by molar-refractivity contribution is -0.172. The van der Waals surface area contributed by atoms with Crippen molar-refractivity contribution in [1.82, 2.24) is 0 Å². The van der Waals surface area contributed by atoms with Gasteiger partial charge in [0.05, 0.1) is 13.2 Å². The molecule has 4 nitrogen and oxygen atoms in total. The van der Waals surface area contributed by atoms with Crippen molar-refractivity contribution in [2.24, 2.45) is 0 Å². The van der Waals surface area contributed by atoms with E-state index in [2.05, 4.69) is 0 Å². The van der Waals surface area contributed by atoms with Crippen LogP contribution in [0.2, 0.25) is 0 Å². The molecule has 1 rings (SSSR count). The third-order valence-corrected chi connectivity index (χ3v) is 1.84. The fourth-order valence-corrected chi connectivity index (χ4v) is 1.11. The topological polar surface area (TPSA) is 52.6 Å². The van der Waals surface area contributed by atoms with Crippen molar-refractivity contribution in [2.75, 3.05) is 13.2 Å². The molecule has 1 aliphatic heterocycles. The van der Waals surface area contributed by atoms with E-state index in [1.807, 2.05) is 0 Å². The minimum absolute atomic E-state index is 0.251. The molecule has 0 aromatic heterocycles. The van der Waals surface area contributed by atoms with E-state index in [9.17, 15) is 9.59 Å². The van der Waals surface area contributed by atoms with Crippen LogP contribution in [0.25, 0.3) is 0 Å². The van der Waals surface area contributed by atoms with Crippen LogP contribution in [0.1, 0.15) is 13.3 Å². The molecule has 0 bridgehead atoms. The van der Waals surface area contributed by atoms with Crippen molar-refractivity contribution in [3.8, 4) is 0 Å². The summed E-state index contributed by atoms with van der Waals surface area (Å²) in [4.78, 5) is 22.1. The molecule has 0 aliphatic carbocycles. The first kappa shape index (κ1) is 9.92. The molecule has 72 valence electrons. The maximum absolute atomic E-state index is 11.3. The van der Waals surface area contributed by atoms with E-state index in [-0.39, 0.29) is 19.6 Å². The van der Waals surface area contributed by atoms with Gasteiger partial charge in [0.1, 0.15) is 0 Å². The van der Waals surface area contributed by atoms with Gasteiger partial charge in [-0.3, -0.25) is 4.79 Å². The molecule has 0 saturated heterocycles. The van der Waals surface area contributed by atoms with Crippen molar-refractivity contribution >= 4 is 12.3 Å². The van der Waals surface area contributed by atoms with Crippen LogP contribution in [0.3, 0.4) is 0 Å². The Morgan fingerprint density at radius 3 is 2.92 bits per heavy atom. The molecule has 1 heterocycles. The fraction of sp³-hybridized carbons (Fsp3) is 0.556. The van der Waals surface area contributed by atoms with Gasteiger partial charge in [-0.2, -0.15) is 0 Å². The minimum atomic E-state index is -1.40. The predicted molar refractivity (Wildman–Crippen MR) is 45.1 cm³/mol. The molecule has 0 saturated carbocycles. The predicted octanol–water partition coefficient (Wildman–Crippen LogP) is 0.464. The highest BCUT2D eigenvalue weighted by Gasteiger charge is 2.41. The van der Waals surface area contributed by atoms with Gasteiger partial charge in [0.25, 0.3) is 0 Å². The van der Waals surface area contributed by atoms with E-state index in [1.165, 1.54) is 0 Å². The first-order chi connectivity index (χ1) is 6.25. The number of rotatable bonds is 3. The van der Waals surface area contributed by atoms with Gasteiger partial charge in [0.15, 0.2) is 6.29 Å².